The third-order valence-electron chi connectivity index (χ3n) is 1.58. The first-order valence-corrected chi connectivity index (χ1v) is 6.32. The standard InChI is InChI=1S/C10H18O6S/c1-9(2,3)7(11)15-17(13,14)16-8(12)10(4,5)6/h1-6H3. The van der Waals surface area contributed by atoms with Crippen LogP contribution in [0.3, 0.4) is 0 Å². The van der Waals surface area contributed by atoms with Crippen molar-refractivity contribution >= 4 is 22.3 Å². The molecule has 0 atom stereocenters. The molecule has 0 aliphatic rings. The highest BCUT2D eigenvalue weighted by Crippen LogP contribution is 2.20. The van der Waals surface area contributed by atoms with Crippen LogP contribution in [0.2, 0.25) is 0 Å². The van der Waals surface area contributed by atoms with Gasteiger partial charge < -0.3 is 8.37 Å². The summed E-state index contributed by atoms with van der Waals surface area (Å²) in [6, 6.07) is 0. The zero-order valence-electron chi connectivity index (χ0n) is 10.9. The molecule has 0 unspecified atom stereocenters. The minimum atomic E-state index is -4.65. The van der Waals surface area contributed by atoms with E-state index >= 15 is 0 Å². The van der Waals surface area contributed by atoms with Crippen LogP contribution >= 0.6 is 0 Å². The Kier molecular flexibility index (Phi) is 4.33. The third-order valence-corrected chi connectivity index (χ3v) is 2.29. The van der Waals surface area contributed by atoms with E-state index in [0.29, 0.717) is 0 Å². The van der Waals surface area contributed by atoms with Gasteiger partial charge in [-0.1, -0.05) is 0 Å². The van der Waals surface area contributed by atoms with Gasteiger partial charge in [0, 0.05) is 0 Å². The summed E-state index contributed by atoms with van der Waals surface area (Å²) in [5.41, 5.74) is -2.00. The molecule has 0 aliphatic heterocycles. The Morgan fingerprint density at radius 2 is 1.00 bits per heavy atom. The molecule has 0 aromatic carbocycles. The third kappa shape index (κ3) is 5.67. The van der Waals surface area contributed by atoms with Crippen molar-refractivity contribution in [1.82, 2.24) is 0 Å². The molecule has 7 heteroatoms. The summed E-state index contributed by atoms with van der Waals surface area (Å²) < 4.78 is 30.8. The van der Waals surface area contributed by atoms with Gasteiger partial charge in [0.2, 0.25) is 0 Å². The van der Waals surface area contributed by atoms with Crippen molar-refractivity contribution < 1.29 is 26.4 Å². The minimum Gasteiger partial charge on any atom is -0.315 e. The zero-order valence-corrected chi connectivity index (χ0v) is 11.7. The molecule has 0 fully saturated rings. The topological polar surface area (TPSA) is 86.7 Å². The van der Waals surface area contributed by atoms with Crippen LogP contribution in [-0.2, 0) is 28.4 Å². The van der Waals surface area contributed by atoms with Crippen molar-refractivity contribution in [2.45, 2.75) is 41.5 Å². The molecule has 0 spiro atoms. The highest BCUT2D eigenvalue weighted by atomic mass is 32.3. The van der Waals surface area contributed by atoms with E-state index in [-0.39, 0.29) is 0 Å². The van der Waals surface area contributed by atoms with Crippen LogP contribution in [0.5, 0.6) is 0 Å². The molecule has 6 nitrogen and oxygen atoms in total. The lowest BCUT2D eigenvalue weighted by atomic mass is 9.98. The first-order valence-electron chi connectivity index (χ1n) is 4.98. The Labute approximate surface area is 102 Å². The molecule has 0 N–H and O–H groups in total. The van der Waals surface area contributed by atoms with E-state index in [4.69, 9.17) is 0 Å². The molecular weight excluding hydrogens is 248 g/mol. The molecular formula is C10H18O6S. The van der Waals surface area contributed by atoms with E-state index in [9.17, 15) is 18.0 Å². The van der Waals surface area contributed by atoms with Crippen LogP contribution in [0.4, 0.5) is 0 Å². The lowest BCUT2D eigenvalue weighted by Crippen LogP contribution is -2.31. The molecule has 0 radical (unpaired) electrons. The SMILES string of the molecule is CC(C)(C)C(=O)OS(=O)(=O)OC(=O)C(C)(C)C. The number of carbonyl (C=O) groups excluding carboxylic acids is 2. The molecule has 0 amide bonds. The first kappa shape index (κ1) is 15.9. The van der Waals surface area contributed by atoms with Gasteiger partial charge >= 0.3 is 22.3 Å². The molecule has 0 aromatic rings. The molecule has 0 aromatic heterocycles. The summed E-state index contributed by atoms with van der Waals surface area (Å²) in [7, 11) is -4.65. The summed E-state index contributed by atoms with van der Waals surface area (Å²) in [6.07, 6.45) is 0. The van der Waals surface area contributed by atoms with E-state index in [1.165, 1.54) is 41.5 Å². The lowest BCUT2D eigenvalue weighted by Gasteiger charge is -2.18. The maximum atomic E-state index is 11.3. The second-order valence-corrected chi connectivity index (χ2v) is 6.80. The first-order chi connectivity index (χ1) is 7.26. The normalized spacial score (nSPS) is 13.1. The summed E-state index contributed by atoms with van der Waals surface area (Å²) in [6.45, 7) is 8.90. The van der Waals surface area contributed by atoms with Gasteiger partial charge in [0.1, 0.15) is 0 Å². The second-order valence-electron chi connectivity index (χ2n) is 5.65. The quantitative estimate of drug-likeness (QED) is 0.751. The van der Waals surface area contributed by atoms with E-state index < -0.39 is 33.2 Å². The molecule has 0 aliphatic carbocycles. The lowest BCUT2D eigenvalue weighted by molar-refractivity contribution is -0.147. The van der Waals surface area contributed by atoms with Crippen LogP contribution in [0.1, 0.15) is 41.5 Å². The monoisotopic (exact) mass is 266 g/mol. The van der Waals surface area contributed by atoms with Gasteiger partial charge in [-0.15, -0.1) is 8.42 Å². The van der Waals surface area contributed by atoms with E-state index in [1.54, 1.807) is 0 Å². The van der Waals surface area contributed by atoms with Gasteiger partial charge in [-0.3, -0.25) is 9.59 Å². The average Bonchev–Trinajstić information content (AvgIpc) is 1.97. The smallest absolute Gasteiger partial charge is 0.315 e. The van der Waals surface area contributed by atoms with Gasteiger partial charge in [0.25, 0.3) is 0 Å². The summed E-state index contributed by atoms with van der Waals surface area (Å²) in [5.74, 6) is -1.97. The molecule has 17 heavy (non-hydrogen) atoms. The predicted octanol–water partition coefficient (Wildman–Crippen LogP) is 1.41. The van der Waals surface area contributed by atoms with Gasteiger partial charge in [0.05, 0.1) is 10.8 Å². The van der Waals surface area contributed by atoms with E-state index in [0.717, 1.165) is 0 Å². The fourth-order valence-corrected chi connectivity index (χ4v) is 1.36. The number of rotatable bonds is 2. The van der Waals surface area contributed by atoms with Crippen molar-refractivity contribution in [2.75, 3.05) is 0 Å². The van der Waals surface area contributed by atoms with Gasteiger partial charge in [0.15, 0.2) is 0 Å². The van der Waals surface area contributed by atoms with Gasteiger partial charge in [-0.25, -0.2) is 0 Å². The highest BCUT2D eigenvalue weighted by molar-refractivity contribution is 7.82. The Morgan fingerprint density at radius 1 is 0.765 bits per heavy atom. The fraction of sp³-hybridized carbons (Fsp3) is 0.800. The number of hydrogen-bond acceptors (Lipinski definition) is 6. The predicted molar refractivity (Wildman–Crippen MR) is 60.0 cm³/mol. The Bertz CT molecular complexity index is 373. The van der Waals surface area contributed by atoms with Crippen LogP contribution in [0.25, 0.3) is 0 Å². The highest BCUT2D eigenvalue weighted by Gasteiger charge is 2.34. The molecule has 0 heterocycles. The van der Waals surface area contributed by atoms with Crippen molar-refractivity contribution in [3.8, 4) is 0 Å². The Balaban J connectivity index is 4.75. The van der Waals surface area contributed by atoms with E-state index in [1.807, 2.05) is 0 Å². The van der Waals surface area contributed by atoms with E-state index in [2.05, 4.69) is 8.37 Å². The van der Waals surface area contributed by atoms with Crippen molar-refractivity contribution in [3.63, 3.8) is 0 Å². The Hall–Kier alpha value is -1.11. The van der Waals surface area contributed by atoms with Crippen molar-refractivity contribution in [2.24, 2.45) is 10.8 Å². The largest absolute Gasteiger partial charge is 0.506 e. The van der Waals surface area contributed by atoms with Gasteiger partial charge in [-0.05, 0) is 41.5 Å². The Morgan fingerprint density at radius 3 is 1.18 bits per heavy atom. The second kappa shape index (κ2) is 4.64. The summed E-state index contributed by atoms with van der Waals surface area (Å²) in [5, 5.41) is 0. The maximum Gasteiger partial charge on any atom is 0.506 e. The molecule has 100 valence electrons. The molecule has 0 bridgehead atoms. The van der Waals surface area contributed by atoms with Gasteiger partial charge in [-0.2, -0.15) is 0 Å². The molecule has 0 saturated heterocycles. The average molecular weight is 266 g/mol. The van der Waals surface area contributed by atoms with Crippen LogP contribution < -0.4 is 0 Å². The number of hydrogen-bond donors (Lipinski definition) is 0. The zero-order chi connectivity index (χ0) is 14.1. The summed E-state index contributed by atoms with van der Waals surface area (Å²) >= 11 is 0. The maximum absolute atomic E-state index is 11.3. The van der Waals surface area contributed by atoms with Crippen LogP contribution in [0, 0.1) is 10.8 Å². The fourth-order valence-electron chi connectivity index (χ4n) is 0.452. The van der Waals surface area contributed by atoms with Crippen molar-refractivity contribution in [3.05, 3.63) is 0 Å². The number of carbonyl (C=O) groups is 2. The van der Waals surface area contributed by atoms with Crippen molar-refractivity contribution in [1.29, 1.82) is 0 Å². The van der Waals surface area contributed by atoms with Crippen LogP contribution in [-0.4, -0.2) is 20.4 Å². The summed E-state index contributed by atoms with van der Waals surface area (Å²) in [4.78, 5) is 22.6. The molecule has 0 saturated carbocycles. The van der Waals surface area contributed by atoms with Crippen LogP contribution in [0.15, 0.2) is 0 Å². The molecule has 0 rings (SSSR count). The minimum absolute atomic E-state index is 0.987.